The maximum Gasteiger partial charge on any atom is 0.295 e. The maximum atomic E-state index is 11.8. The van der Waals surface area contributed by atoms with Crippen molar-refractivity contribution in [3.63, 3.8) is 0 Å². The van der Waals surface area contributed by atoms with Gasteiger partial charge in [-0.15, -0.1) is 4.28 Å². The summed E-state index contributed by atoms with van der Waals surface area (Å²) in [7, 11) is -4.04. The molecule has 0 aromatic carbocycles. The Labute approximate surface area is 108 Å². The number of unbranched alkanes of at least 4 members (excludes halogenated alkanes) is 1. The minimum atomic E-state index is -4.04. The molecule has 1 unspecified atom stereocenters. The molecule has 0 saturated carbocycles. The van der Waals surface area contributed by atoms with Crippen LogP contribution in [0.2, 0.25) is 0 Å². The number of hydrogen-bond donors (Lipinski definition) is 3. The van der Waals surface area contributed by atoms with Crippen LogP contribution in [0.3, 0.4) is 0 Å². The highest BCUT2D eigenvalue weighted by Gasteiger charge is 2.24. The largest absolute Gasteiger partial charge is 0.368 e. The lowest BCUT2D eigenvalue weighted by Crippen LogP contribution is -2.35. The normalized spacial score (nSPS) is 13.0. The molecular weight excluding hydrogens is 258 g/mol. The van der Waals surface area contributed by atoms with Crippen molar-refractivity contribution in [1.82, 2.24) is 5.48 Å². The van der Waals surface area contributed by atoms with E-state index >= 15 is 0 Å². The van der Waals surface area contributed by atoms with Crippen molar-refractivity contribution in [2.75, 3.05) is 5.75 Å². The van der Waals surface area contributed by atoms with E-state index in [1.165, 1.54) is 0 Å². The van der Waals surface area contributed by atoms with Gasteiger partial charge in [-0.05, 0) is 12.8 Å². The van der Waals surface area contributed by atoms with E-state index in [9.17, 15) is 13.2 Å². The van der Waals surface area contributed by atoms with Crippen molar-refractivity contribution in [2.24, 2.45) is 11.7 Å². The van der Waals surface area contributed by atoms with Crippen LogP contribution in [0.1, 0.15) is 39.5 Å². The molecule has 106 valence electrons. The second-order valence-corrected chi connectivity index (χ2v) is 5.59. The van der Waals surface area contributed by atoms with Crippen molar-refractivity contribution in [2.45, 2.75) is 39.5 Å². The number of hydrogen-bond acceptors (Lipinski definition) is 5. The number of hydroxylamine groups is 1. The zero-order valence-electron chi connectivity index (χ0n) is 10.7. The van der Waals surface area contributed by atoms with Gasteiger partial charge in [0.15, 0.2) is 5.78 Å². The molecule has 1 atom stereocenters. The summed E-state index contributed by atoms with van der Waals surface area (Å²) in [5.41, 5.74) is 6.59. The van der Waals surface area contributed by atoms with Crippen LogP contribution in [0.5, 0.6) is 0 Å². The van der Waals surface area contributed by atoms with Gasteiger partial charge in [0.1, 0.15) is 5.75 Å². The minimum absolute atomic E-state index is 0.263. The number of ketones is 1. The van der Waals surface area contributed by atoms with Gasteiger partial charge in [0.2, 0.25) is 5.96 Å². The summed E-state index contributed by atoms with van der Waals surface area (Å²) in [6.45, 7) is 3.85. The van der Waals surface area contributed by atoms with Crippen LogP contribution in [0.25, 0.3) is 0 Å². The first kappa shape index (κ1) is 16.9. The Bertz CT molecular complexity index is 381. The van der Waals surface area contributed by atoms with Crippen molar-refractivity contribution >= 4 is 21.9 Å². The van der Waals surface area contributed by atoms with Crippen molar-refractivity contribution in [3.05, 3.63) is 0 Å². The van der Waals surface area contributed by atoms with E-state index in [-0.39, 0.29) is 11.7 Å². The lowest BCUT2D eigenvalue weighted by Gasteiger charge is -2.13. The zero-order valence-corrected chi connectivity index (χ0v) is 11.5. The third-order valence-corrected chi connectivity index (χ3v) is 3.43. The zero-order chi connectivity index (χ0) is 14.2. The van der Waals surface area contributed by atoms with E-state index in [1.807, 2.05) is 13.8 Å². The summed E-state index contributed by atoms with van der Waals surface area (Å²) in [6.07, 6.45) is 3.13. The average Bonchev–Trinajstić information content (AvgIpc) is 2.27. The predicted molar refractivity (Wildman–Crippen MR) is 68.2 cm³/mol. The van der Waals surface area contributed by atoms with Gasteiger partial charge in [0.05, 0.1) is 0 Å². The van der Waals surface area contributed by atoms with Crippen LogP contribution in [-0.2, 0) is 19.2 Å². The summed E-state index contributed by atoms with van der Waals surface area (Å²) in [5.74, 6) is -1.96. The second-order valence-electron chi connectivity index (χ2n) is 4.01. The molecule has 7 nitrogen and oxygen atoms in total. The van der Waals surface area contributed by atoms with E-state index < -0.39 is 21.8 Å². The molecular formula is C10H21N3O4S. The molecule has 0 aliphatic rings. The molecule has 0 saturated heterocycles. The Morgan fingerprint density at radius 1 is 1.44 bits per heavy atom. The van der Waals surface area contributed by atoms with Gasteiger partial charge in [0, 0.05) is 5.92 Å². The first-order valence-electron chi connectivity index (χ1n) is 5.86. The SMILES string of the molecule is CCCCC(CC)C(=O)CS(=O)(=O)ONC(=N)N. The predicted octanol–water partition coefficient (Wildman–Crippen LogP) is 0.516. The fourth-order valence-corrected chi connectivity index (χ4v) is 2.33. The third-order valence-electron chi connectivity index (χ3n) is 2.45. The van der Waals surface area contributed by atoms with Crippen LogP contribution < -0.4 is 11.2 Å². The Kier molecular flexibility index (Phi) is 7.53. The Hall–Kier alpha value is -1.15. The van der Waals surface area contributed by atoms with Gasteiger partial charge in [0.25, 0.3) is 10.1 Å². The van der Waals surface area contributed by atoms with Crippen LogP contribution in [-0.4, -0.2) is 25.9 Å². The van der Waals surface area contributed by atoms with Crippen molar-refractivity contribution < 1.29 is 17.5 Å². The lowest BCUT2D eigenvalue weighted by molar-refractivity contribution is -0.120. The van der Waals surface area contributed by atoms with Gasteiger partial charge in [-0.3, -0.25) is 10.2 Å². The molecule has 0 fully saturated rings. The molecule has 0 radical (unpaired) electrons. The molecule has 0 aliphatic carbocycles. The van der Waals surface area contributed by atoms with Crippen LogP contribution >= 0.6 is 0 Å². The minimum Gasteiger partial charge on any atom is -0.368 e. The molecule has 0 aromatic heterocycles. The number of carbonyl (C=O) groups is 1. The highest BCUT2D eigenvalue weighted by Crippen LogP contribution is 2.14. The second kappa shape index (κ2) is 8.04. The molecule has 4 N–H and O–H groups in total. The Morgan fingerprint density at radius 2 is 2.06 bits per heavy atom. The fraction of sp³-hybridized carbons (Fsp3) is 0.800. The van der Waals surface area contributed by atoms with Crippen molar-refractivity contribution in [1.29, 1.82) is 5.41 Å². The monoisotopic (exact) mass is 279 g/mol. The summed E-state index contributed by atoms with van der Waals surface area (Å²) >= 11 is 0. The fourth-order valence-electron chi connectivity index (χ4n) is 1.47. The van der Waals surface area contributed by atoms with Gasteiger partial charge in [-0.2, -0.15) is 8.42 Å². The number of rotatable bonds is 9. The van der Waals surface area contributed by atoms with Gasteiger partial charge >= 0.3 is 0 Å². The standard InChI is InChI=1S/C10H21N3O4S/c1-3-5-6-8(4-2)9(14)7-18(15,16)17-13-10(11)12/h8H,3-7H2,1-2H3,(H4,11,12,13). The summed E-state index contributed by atoms with van der Waals surface area (Å²) in [5, 5.41) is 6.76. The molecule has 0 heterocycles. The molecule has 0 bridgehead atoms. The van der Waals surface area contributed by atoms with E-state index in [1.54, 1.807) is 5.48 Å². The number of Topliss-reactive ketones (excluding diaryl/α,β-unsaturated/α-hetero) is 1. The van der Waals surface area contributed by atoms with Gasteiger partial charge < -0.3 is 5.73 Å². The maximum absolute atomic E-state index is 11.8. The van der Waals surface area contributed by atoms with E-state index in [2.05, 4.69) is 4.28 Å². The first-order chi connectivity index (χ1) is 8.32. The smallest absolute Gasteiger partial charge is 0.295 e. The molecule has 18 heavy (non-hydrogen) atoms. The average molecular weight is 279 g/mol. The number of nitrogens with one attached hydrogen (secondary N) is 2. The van der Waals surface area contributed by atoms with Gasteiger partial charge in [-0.1, -0.05) is 26.7 Å². The molecule has 0 spiro atoms. The highest BCUT2D eigenvalue weighted by molar-refractivity contribution is 7.87. The Morgan fingerprint density at radius 3 is 2.50 bits per heavy atom. The lowest BCUT2D eigenvalue weighted by atomic mass is 9.96. The highest BCUT2D eigenvalue weighted by atomic mass is 32.2. The molecule has 0 aromatic rings. The molecule has 0 rings (SSSR count). The Balaban J connectivity index is 4.38. The van der Waals surface area contributed by atoms with Crippen LogP contribution in [0, 0.1) is 11.3 Å². The summed E-state index contributed by atoms with van der Waals surface area (Å²) in [6, 6.07) is 0. The molecule has 8 heteroatoms. The first-order valence-corrected chi connectivity index (χ1v) is 7.44. The topological polar surface area (TPSA) is 122 Å². The molecule has 0 amide bonds. The van der Waals surface area contributed by atoms with Gasteiger partial charge in [-0.25, -0.2) is 5.48 Å². The number of nitrogens with two attached hydrogens (primary N) is 1. The van der Waals surface area contributed by atoms with Crippen LogP contribution in [0.15, 0.2) is 0 Å². The summed E-state index contributed by atoms with van der Waals surface area (Å²) in [4.78, 5) is 11.8. The summed E-state index contributed by atoms with van der Waals surface area (Å²) < 4.78 is 27.0. The van der Waals surface area contributed by atoms with E-state index in [4.69, 9.17) is 11.1 Å². The number of guanidine groups is 1. The van der Waals surface area contributed by atoms with E-state index in [0.717, 1.165) is 12.8 Å². The van der Waals surface area contributed by atoms with Crippen molar-refractivity contribution in [3.8, 4) is 0 Å². The van der Waals surface area contributed by atoms with Crippen LogP contribution in [0.4, 0.5) is 0 Å². The number of carbonyl (C=O) groups excluding carboxylic acids is 1. The third kappa shape index (κ3) is 7.23. The molecule has 0 aliphatic heterocycles. The quantitative estimate of drug-likeness (QED) is 0.321. The van der Waals surface area contributed by atoms with E-state index in [0.29, 0.717) is 12.8 Å².